The fraction of sp³-hybridized carbons (Fsp3) is 0.400. The molecule has 0 bridgehead atoms. The van der Waals surface area contributed by atoms with Crippen LogP contribution in [0.5, 0.6) is 0 Å². The first-order valence-corrected chi connectivity index (χ1v) is 10.2. The van der Waals surface area contributed by atoms with Gasteiger partial charge in [0.2, 0.25) is 5.82 Å². The van der Waals surface area contributed by atoms with Gasteiger partial charge in [-0.15, -0.1) is 0 Å². The van der Waals surface area contributed by atoms with Crippen LogP contribution >= 0.6 is 0 Å². The average Bonchev–Trinajstić information content (AvgIpc) is 3.22. The van der Waals surface area contributed by atoms with Crippen molar-refractivity contribution in [3.63, 3.8) is 0 Å². The number of nitrogens with one attached hydrogen (secondary N) is 3. The Bertz CT molecular complexity index is 1090. The highest BCUT2D eigenvalue weighted by molar-refractivity contribution is 7.87. The van der Waals surface area contributed by atoms with Crippen molar-refractivity contribution in [3.05, 3.63) is 35.3 Å². The Morgan fingerprint density at radius 3 is 2.61 bits per heavy atom. The van der Waals surface area contributed by atoms with Crippen LogP contribution < -0.4 is 20.2 Å². The first kappa shape index (κ1) is 22.9. The van der Waals surface area contributed by atoms with Gasteiger partial charge in [0.1, 0.15) is 5.82 Å². The molecule has 0 unspecified atom stereocenters. The number of alkyl halides is 3. The Morgan fingerprint density at radius 2 is 2.03 bits per heavy atom. The van der Waals surface area contributed by atoms with Crippen molar-refractivity contribution in [2.24, 2.45) is 5.14 Å². The van der Waals surface area contributed by atoms with Crippen molar-refractivity contribution in [3.8, 4) is 0 Å². The number of nitrogens with zero attached hydrogens (tertiary/aromatic N) is 3. The van der Waals surface area contributed by atoms with Crippen LogP contribution in [-0.4, -0.2) is 41.9 Å². The Kier molecular flexibility index (Phi) is 5.92. The molecule has 0 radical (unpaired) electrons. The molecule has 1 aliphatic rings. The number of anilines is 2. The van der Waals surface area contributed by atoms with Gasteiger partial charge in [0, 0.05) is 12.1 Å². The summed E-state index contributed by atoms with van der Waals surface area (Å²) < 4.78 is 81.3. The van der Waals surface area contributed by atoms with Crippen molar-refractivity contribution in [1.29, 1.82) is 5.41 Å². The summed E-state index contributed by atoms with van der Waals surface area (Å²) in [6.07, 6.45) is -3.56. The summed E-state index contributed by atoms with van der Waals surface area (Å²) in [6.45, 7) is 0.150. The largest absolute Gasteiger partial charge is 0.419 e. The molecule has 3 rings (SSSR count). The molecular formula is C15H17F4N7O4S. The van der Waals surface area contributed by atoms with Gasteiger partial charge in [0.05, 0.1) is 11.3 Å². The standard InChI is InChI=1S/C15H17F4N7O4S/c16-10-2-1-8(7-9(10)15(17,18)19)26(27)12(20)11-13(24-30-23-11)22-6-5-14(3-4-14)25-31(21,28)29/h1-2,7,20,25,27H,3-6H2,(H,22,24)(H2,21,28,29). The number of amidine groups is 1. The van der Waals surface area contributed by atoms with Crippen LogP contribution in [0.2, 0.25) is 0 Å². The second-order valence-electron chi connectivity index (χ2n) is 6.89. The van der Waals surface area contributed by atoms with E-state index in [2.05, 4.69) is 25.0 Å². The molecule has 2 aromatic rings. The quantitative estimate of drug-likeness (QED) is 0.169. The predicted octanol–water partition coefficient (Wildman–Crippen LogP) is 1.58. The van der Waals surface area contributed by atoms with Crippen molar-refractivity contribution in [2.75, 3.05) is 16.9 Å². The number of aromatic nitrogens is 2. The molecule has 0 aliphatic heterocycles. The van der Waals surface area contributed by atoms with Gasteiger partial charge in [-0.3, -0.25) is 10.6 Å². The third-order valence-corrected chi connectivity index (χ3v) is 5.25. The molecule has 1 aromatic heterocycles. The summed E-state index contributed by atoms with van der Waals surface area (Å²) in [4.78, 5) is 0. The van der Waals surface area contributed by atoms with Crippen molar-refractivity contribution < 1.29 is 35.8 Å². The smallest absolute Gasteiger partial charge is 0.365 e. The fourth-order valence-corrected chi connectivity index (χ4v) is 3.74. The van der Waals surface area contributed by atoms with Crippen molar-refractivity contribution in [2.45, 2.75) is 31.0 Å². The maximum Gasteiger partial charge on any atom is 0.419 e. The molecule has 0 spiro atoms. The summed E-state index contributed by atoms with van der Waals surface area (Å²) >= 11 is 0. The van der Waals surface area contributed by atoms with E-state index in [-0.39, 0.29) is 23.1 Å². The summed E-state index contributed by atoms with van der Waals surface area (Å²) in [5, 5.41) is 32.9. The zero-order valence-corrected chi connectivity index (χ0v) is 16.4. The molecule has 0 saturated heterocycles. The molecule has 0 atom stereocenters. The molecule has 1 fully saturated rings. The molecule has 11 nitrogen and oxygen atoms in total. The first-order valence-electron chi connectivity index (χ1n) is 8.64. The minimum atomic E-state index is -5.00. The first-order chi connectivity index (χ1) is 14.3. The summed E-state index contributed by atoms with van der Waals surface area (Å²) in [7, 11) is -3.89. The van der Waals surface area contributed by atoms with Gasteiger partial charge in [-0.2, -0.15) is 26.3 Å². The normalized spacial score (nSPS) is 15.5. The second-order valence-corrected chi connectivity index (χ2v) is 8.18. The highest BCUT2D eigenvalue weighted by Gasteiger charge is 2.44. The van der Waals surface area contributed by atoms with E-state index in [4.69, 9.17) is 10.5 Å². The van der Waals surface area contributed by atoms with E-state index < -0.39 is 44.8 Å². The number of nitrogens with two attached hydrogens (primary N) is 1. The Hall–Kier alpha value is -2.82. The predicted molar refractivity (Wildman–Crippen MR) is 98.1 cm³/mol. The van der Waals surface area contributed by atoms with Gasteiger partial charge < -0.3 is 5.32 Å². The third-order valence-electron chi connectivity index (χ3n) is 4.53. The molecule has 31 heavy (non-hydrogen) atoms. The van der Waals surface area contributed by atoms with Crippen LogP contribution in [0.15, 0.2) is 22.8 Å². The van der Waals surface area contributed by atoms with Crippen LogP contribution in [-0.2, 0) is 16.4 Å². The van der Waals surface area contributed by atoms with Crippen LogP contribution in [0.1, 0.15) is 30.5 Å². The van der Waals surface area contributed by atoms with Crippen LogP contribution in [0, 0.1) is 11.2 Å². The van der Waals surface area contributed by atoms with E-state index in [1.165, 1.54) is 0 Å². The van der Waals surface area contributed by atoms with Crippen LogP contribution in [0.3, 0.4) is 0 Å². The van der Waals surface area contributed by atoms with Gasteiger partial charge in [-0.1, -0.05) is 0 Å². The van der Waals surface area contributed by atoms with Gasteiger partial charge in [-0.25, -0.2) is 19.2 Å². The number of hydrogen-bond acceptors (Lipinski definition) is 8. The van der Waals surface area contributed by atoms with E-state index in [9.17, 15) is 31.2 Å². The van der Waals surface area contributed by atoms with E-state index in [1.54, 1.807) is 0 Å². The Labute approximate surface area is 172 Å². The van der Waals surface area contributed by atoms with Crippen LogP contribution in [0.25, 0.3) is 0 Å². The van der Waals surface area contributed by atoms with E-state index in [1.807, 2.05) is 0 Å². The lowest BCUT2D eigenvalue weighted by molar-refractivity contribution is -0.139. The highest BCUT2D eigenvalue weighted by Crippen LogP contribution is 2.39. The number of halogens is 4. The number of hydrogen-bond donors (Lipinski definition) is 5. The molecule has 6 N–H and O–H groups in total. The van der Waals surface area contributed by atoms with E-state index in [0.29, 0.717) is 31.4 Å². The molecule has 1 aromatic carbocycles. The maximum atomic E-state index is 13.4. The number of benzene rings is 1. The SMILES string of the molecule is N=C(c1nonc1NCCC1(NS(N)(=O)=O)CC1)N(O)c1ccc(F)c(C(F)(F)F)c1. The minimum absolute atomic E-state index is 0.0598. The molecule has 0 amide bonds. The summed E-state index contributed by atoms with van der Waals surface area (Å²) in [5.74, 6) is -2.45. The lowest BCUT2D eigenvalue weighted by atomic mass is 10.1. The highest BCUT2D eigenvalue weighted by atomic mass is 32.2. The minimum Gasteiger partial charge on any atom is -0.365 e. The number of hydroxylamine groups is 1. The van der Waals surface area contributed by atoms with Gasteiger partial charge in [0.25, 0.3) is 10.2 Å². The Morgan fingerprint density at radius 1 is 1.35 bits per heavy atom. The molecule has 170 valence electrons. The maximum absolute atomic E-state index is 13.4. The topological polar surface area (TPSA) is 170 Å². The molecule has 1 heterocycles. The van der Waals surface area contributed by atoms with Crippen molar-refractivity contribution >= 4 is 27.6 Å². The summed E-state index contributed by atoms with van der Waals surface area (Å²) in [5.41, 5.74) is -3.20. The lowest BCUT2D eigenvalue weighted by Crippen LogP contribution is -2.42. The van der Waals surface area contributed by atoms with Crippen LogP contribution in [0.4, 0.5) is 29.1 Å². The molecule has 1 aliphatic carbocycles. The molecule has 16 heteroatoms. The molecular weight excluding hydrogens is 450 g/mol. The Balaban J connectivity index is 1.69. The average molecular weight is 467 g/mol. The van der Waals surface area contributed by atoms with Crippen molar-refractivity contribution in [1.82, 2.24) is 15.0 Å². The monoisotopic (exact) mass is 467 g/mol. The van der Waals surface area contributed by atoms with E-state index in [0.717, 1.165) is 6.07 Å². The lowest BCUT2D eigenvalue weighted by Gasteiger charge is -2.19. The molecule has 1 saturated carbocycles. The van der Waals surface area contributed by atoms with Gasteiger partial charge in [-0.05, 0) is 47.8 Å². The summed E-state index contributed by atoms with van der Waals surface area (Å²) in [6, 6.07) is 1.68. The van der Waals surface area contributed by atoms with Gasteiger partial charge in [0.15, 0.2) is 11.5 Å². The number of rotatable bonds is 8. The second kappa shape index (κ2) is 8.03. The van der Waals surface area contributed by atoms with Gasteiger partial charge >= 0.3 is 6.18 Å². The fourth-order valence-electron chi connectivity index (χ4n) is 2.83. The zero-order valence-electron chi connectivity index (χ0n) is 15.6. The van der Waals surface area contributed by atoms with E-state index >= 15 is 0 Å². The zero-order chi connectivity index (χ0) is 23.0. The third kappa shape index (κ3) is 5.46.